The van der Waals surface area contributed by atoms with Crippen LogP contribution >= 0.6 is 0 Å². The lowest BCUT2D eigenvalue weighted by Crippen LogP contribution is -2.82. The number of esters is 1. The van der Waals surface area contributed by atoms with E-state index in [9.17, 15) is 4.79 Å². The maximum Gasteiger partial charge on any atom is 0.313 e. The Hall–Kier alpha value is -2.36. The zero-order chi connectivity index (χ0) is 29.6. The maximum absolute atomic E-state index is 15.0. The Kier molecular flexibility index (Phi) is 6.43. The van der Waals surface area contributed by atoms with E-state index in [-0.39, 0.29) is 6.61 Å². The predicted molar refractivity (Wildman–Crippen MR) is 147 cm³/mol. The van der Waals surface area contributed by atoms with E-state index in [0.29, 0.717) is 11.1 Å². The van der Waals surface area contributed by atoms with Crippen molar-refractivity contribution in [2.45, 2.75) is 115 Å². The highest BCUT2D eigenvalue weighted by Crippen LogP contribution is 2.66. The second-order valence-electron chi connectivity index (χ2n) is 13.0. The Morgan fingerprint density at radius 2 is 1.35 bits per heavy atom. The zero-order valence-electron chi connectivity index (χ0n) is 25.1. The number of carbonyl (C=O) groups is 1. The highest BCUT2D eigenvalue weighted by molar-refractivity contribution is 5.78. The van der Waals surface area contributed by atoms with Gasteiger partial charge in [-0.2, -0.15) is 0 Å². The Bertz CT molecular complexity index is 1330. The topological polar surface area (TPSA) is 72.5 Å². The summed E-state index contributed by atoms with van der Waals surface area (Å²) in [4.78, 5) is 13.3. The minimum absolute atomic E-state index is 0.151. The average molecular weight is 557 g/mol. The van der Waals surface area contributed by atoms with Gasteiger partial charge in [0.15, 0.2) is 17.2 Å². The first-order chi connectivity index (χ1) is 18.3. The number of benzene rings is 2. The molecule has 3 saturated heterocycles. The van der Waals surface area contributed by atoms with Gasteiger partial charge in [0.05, 0.1) is 5.92 Å². The highest BCUT2D eigenvalue weighted by Gasteiger charge is 2.85. The standard InChI is InChI=1S/C32H41FO7/c1-20(22-16-17-23(24(33)18-22)21-14-12-11-13-15-21)25(34)35-19-28(6)29(7)30(8,37-26(2,3)36-29)31(9)32(10,40-28)39-27(4,5)38-31/h11-18,20H,19H2,1-10H3/t20?,28?,29-,30+,31?,32+/m1/s1. The van der Waals surface area contributed by atoms with Crippen LogP contribution in [0.15, 0.2) is 48.5 Å². The third-order valence-corrected chi connectivity index (χ3v) is 9.33. The van der Waals surface area contributed by atoms with E-state index in [4.69, 9.17) is 28.4 Å². The first-order valence-electron chi connectivity index (χ1n) is 13.8. The second kappa shape index (κ2) is 8.82. The quantitative estimate of drug-likeness (QED) is 0.390. The lowest BCUT2D eigenvalue weighted by atomic mass is 9.61. The van der Waals surface area contributed by atoms with E-state index in [1.807, 2.05) is 92.6 Å². The minimum atomic E-state index is -1.25. The molecule has 3 heterocycles. The predicted octanol–water partition coefficient (Wildman–Crippen LogP) is 6.49. The minimum Gasteiger partial charge on any atom is -0.462 e. The fourth-order valence-corrected chi connectivity index (χ4v) is 7.00. The van der Waals surface area contributed by atoms with Crippen molar-refractivity contribution in [2.24, 2.45) is 0 Å². The molecule has 0 spiro atoms. The third-order valence-electron chi connectivity index (χ3n) is 9.33. The van der Waals surface area contributed by atoms with Crippen LogP contribution in [-0.4, -0.2) is 52.3 Å². The third kappa shape index (κ3) is 4.06. The van der Waals surface area contributed by atoms with Crippen LogP contribution in [0.2, 0.25) is 0 Å². The molecule has 2 aromatic rings. The Morgan fingerprint density at radius 1 is 0.775 bits per heavy atom. The monoisotopic (exact) mass is 556 g/mol. The molecule has 218 valence electrons. The van der Waals surface area contributed by atoms with Gasteiger partial charge in [-0.25, -0.2) is 4.39 Å². The Balaban J connectivity index is 1.41. The molecule has 40 heavy (non-hydrogen) atoms. The molecule has 0 bridgehead atoms. The molecule has 0 aliphatic carbocycles. The van der Waals surface area contributed by atoms with Crippen molar-refractivity contribution in [1.82, 2.24) is 0 Å². The van der Waals surface area contributed by atoms with Crippen LogP contribution in [0, 0.1) is 5.82 Å². The van der Waals surface area contributed by atoms with E-state index in [0.717, 1.165) is 5.56 Å². The molecule has 2 aromatic carbocycles. The summed E-state index contributed by atoms with van der Waals surface area (Å²) in [5.74, 6) is -4.82. The summed E-state index contributed by atoms with van der Waals surface area (Å²) in [5, 5.41) is 0. The maximum atomic E-state index is 15.0. The molecule has 0 radical (unpaired) electrons. The molecule has 3 unspecified atom stereocenters. The van der Waals surface area contributed by atoms with E-state index in [1.54, 1.807) is 19.1 Å². The van der Waals surface area contributed by atoms with Gasteiger partial charge >= 0.3 is 5.97 Å². The summed E-state index contributed by atoms with van der Waals surface area (Å²) in [6, 6.07) is 14.1. The van der Waals surface area contributed by atoms with Crippen LogP contribution in [0.25, 0.3) is 11.1 Å². The van der Waals surface area contributed by atoms with Gasteiger partial charge in [-0.05, 0) is 86.4 Å². The van der Waals surface area contributed by atoms with Crippen molar-refractivity contribution < 1.29 is 37.6 Å². The molecule has 0 saturated carbocycles. The molecule has 0 aromatic heterocycles. The van der Waals surface area contributed by atoms with Crippen molar-refractivity contribution in [3.05, 3.63) is 59.9 Å². The van der Waals surface area contributed by atoms with Crippen molar-refractivity contribution in [3.63, 3.8) is 0 Å². The van der Waals surface area contributed by atoms with Crippen molar-refractivity contribution in [2.75, 3.05) is 6.61 Å². The summed E-state index contributed by atoms with van der Waals surface area (Å²) in [5.41, 5.74) is -2.69. The van der Waals surface area contributed by atoms with Crippen LogP contribution in [-0.2, 0) is 33.2 Å². The van der Waals surface area contributed by atoms with E-state index >= 15 is 4.39 Å². The van der Waals surface area contributed by atoms with Crippen LogP contribution in [0.3, 0.4) is 0 Å². The summed E-state index contributed by atoms with van der Waals surface area (Å²) in [6.45, 7) is 18.3. The van der Waals surface area contributed by atoms with E-state index in [1.165, 1.54) is 6.07 Å². The van der Waals surface area contributed by atoms with Crippen molar-refractivity contribution in [1.29, 1.82) is 0 Å². The molecule has 3 aliphatic rings. The zero-order valence-corrected chi connectivity index (χ0v) is 25.1. The Labute approximate surface area is 236 Å². The van der Waals surface area contributed by atoms with E-state index < -0.39 is 57.5 Å². The smallest absolute Gasteiger partial charge is 0.313 e. The molecule has 0 N–H and O–H groups in total. The van der Waals surface area contributed by atoms with Gasteiger partial charge in [-0.15, -0.1) is 0 Å². The summed E-state index contributed by atoms with van der Waals surface area (Å²) < 4.78 is 53.7. The van der Waals surface area contributed by atoms with Gasteiger partial charge < -0.3 is 28.4 Å². The van der Waals surface area contributed by atoms with Gasteiger partial charge in [0.2, 0.25) is 5.79 Å². The molecule has 3 fully saturated rings. The number of carbonyl (C=O) groups excluding carboxylic acids is 1. The fourth-order valence-electron chi connectivity index (χ4n) is 7.00. The van der Waals surface area contributed by atoms with E-state index in [2.05, 4.69) is 0 Å². The lowest BCUT2D eigenvalue weighted by Gasteiger charge is -2.63. The molecule has 3 aliphatic heterocycles. The van der Waals surface area contributed by atoms with Gasteiger partial charge in [-0.3, -0.25) is 4.79 Å². The summed E-state index contributed by atoms with van der Waals surface area (Å²) in [7, 11) is 0. The van der Waals surface area contributed by atoms with Gasteiger partial charge in [0.1, 0.15) is 29.2 Å². The number of hydrogen-bond donors (Lipinski definition) is 0. The fraction of sp³-hybridized carbons (Fsp3) is 0.594. The van der Waals surface area contributed by atoms with Crippen LogP contribution in [0.5, 0.6) is 0 Å². The molecular weight excluding hydrogens is 515 g/mol. The SMILES string of the molecule is CC(C(=O)OCC1(C)O[C@]2(C)OC(C)(C)OC2(C)[C@@]2(C)OC(C)(C)O[C@]12C)c1ccc(-c2ccccc2)c(F)c1. The highest BCUT2D eigenvalue weighted by atomic mass is 19.1. The van der Waals surface area contributed by atoms with Gasteiger partial charge in [-0.1, -0.05) is 42.5 Å². The summed E-state index contributed by atoms with van der Waals surface area (Å²) in [6.07, 6.45) is 0. The van der Waals surface area contributed by atoms with Crippen molar-refractivity contribution >= 4 is 5.97 Å². The first kappa shape index (κ1) is 29.1. The lowest BCUT2D eigenvalue weighted by molar-refractivity contribution is -0.395. The molecular formula is C32H41FO7. The average Bonchev–Trinajstić information content (AvgIpc) is 3.18. The molecule has 6 atom stereocenters. The number of fused-ring (bicyclic) bond motifs is 3. The number of hydrogen-bond acceptors (Lipinski definition) is 7. The molecule has 0 amide bonds. The molecule has 7 nitrogen and oxygen atoms in total. The van der Waals surface area contributed by atoms with Gasteiger partial charge in [0, 0.05) is 5.56 Å². The number of ether oxygens (including phenoxy) is 6. The second-order valence-corrected chi connectivity index (χ2v) is 13.0. The first-order valence-corrected chi connectivity index (χ1v) is 13.8. The number of rotatable bonds is 5. The molecule has 8 heteroatoms. The molecule has 5 rings (SSSR count). The largest absolute Gasteiger partial charge is 0.462 e. The van der Waals surface area contributed by atoms with Crippen molar-refractivity contribution in [3.8, 4) is 11.1 Å². The van der Waals surface area contributed by atoms with Gasteiger partial charge in [0.25, 0.3) is 0 Å². The van der Waals surface area contributed by atoms with Crippen LogP contribution in [0.4, 0.5) is 4.39 Å². The van der Waals surface area contributed by atoms with Crippen LogP contribution < -0.4 is 0 Å². The number of halogens is 1. The Morgan fingerprint density at radius 3 is 1.98 bits per heavy atom. The summed E-state index contributed by atoms with van der Waals surface area (Å²) >= 11 is 0. The van der Waals surface area contributed by atoms with Crippen LogP contribution in [0.1, 0.15) is 80.7 Å². The normalized spacial score (nSPS) is 38.4.